The van der Waals surface area contributed by atoms with Crippen LogP contribution in [-0.2, 0) is 14.3 Å². The minimum Gasteiger partial charge on any atom is -0.480 e. The molecule has 0 unspecified atom stereocenters. The fourth-order valence-electron chi connectivity index (χ4n) is 1.93. The number of aliphatic carboxylic acids is 1. The lowest BCUT2D eigenvalue weighted by molar-refractivity contribution is -0.143. The van der Waals surface area contributed by atoms with Gasteiger partial charge in [-0.2, -0.15) is 0 Å². The van der Waals surface area contributed by atoms with Crippen LogP contribution in [0.3, 0.4) is 0 Å². The van der Waals surface area contributed by atoms with Gasteiger partial charge in [0.05, 0.1) is 5.54 Å². The van der Waals surface area contributed by atoms with Crippen LogP contribution < -0.4 is 11.1 Å². The summed E-state index contributed by atoms with van der Waals surface area (Å²) in [6.45, 7) is 2.86. The van der Waals surface area contributed by atoms with E-state index in [9.17, 15) is 9.59 Å². The van der Waals surface area contributed by atoms with E-state index in [1.54, 1.807) is 0 Å². The Hall–Kier alpha value is -1.14. The molecule has 1 fully saturated rings. The van der Waals surface area contributed by atoms with E-state index in [2.05, 4.69) is 5.32 Å². The molecule has 1 amide bonds. The maximum Gasteiger partial charge on any atom is 0.326 e. The molecule has 1 aliphatic heterocycles. The SMILES string of the molecule is CCCC[C@H](NC(=O)C1(N)CCOCC1)C(=O)O. The van der Waals surface area contributed by atoms with Gasteiger partial charge >= 0.3 is 5.97 Å². The zero-order valence-electron chi connectivity index (χ0n) is 10.8. The predicted octanol–water partition coefficient (Wildman–Crippen LogP) is 0.254. The summed E-state index contributed by atoms with van der Waals surface area (Å²) in [7, 11) is 0. The highest BCUT2D eigenvalue weighted by Crippen LogP contribution is 2.18. The Bertz CT molecular complexity index is 300. The van der Waals surface area contributed by atoms with Crippen LogP contribution in [0.1, 0.15) is 39.0 Å². The van der Waals surface area contributed by atoms with Crippen molar-refractivity contribution in [2.45, 2.75) is 50.6 Å². The van der Waals surface area contributed by atoms with Gasteiger partial charge in [-0.3, -0.25) is 4.79 Å². The van der Waals surface area contributed by atoms with Gasteiger partial charge in [-0.05, 0) is 19.3 Å². The summed E-state index contributed by atoms with van der Waals surface area (Å²) in [6.07, 6.45) is 2.95. The van der Waals surface area contributed by atoms with Crippen molar-refractivity contribution >= 4 is 11.9 Å². The van der Waals surface area contributed by atoms with Crippen molar-refractivity contribution in [2.75, 3.05) is 13.2 Å². The van der Waals surface area contributed by atoms with E-state index in [4.69, 9.17) is 15.6 Å². The van der Waals surface area contributed by atoms with Crippen LogP contribution in [-0.4, -0.2) is 41.8 Å². The van der Waals surface area contributed by atoms with E-state index in [1.807, 2.05) is 6.92 Å². The monoisotopic (exact) mass is 258 g/mol. The molecule has 6 heteroatoms. The van der Waals surface area contributed by atoms with Gasteiger partial charge in [0.1, 0.15) is 6.04 Å². The Morgan fingerprint density at radius 3 is 2.56 bits per heavy atom. The van der Waals surface area contributed by atoms with Crippen LogP contribution in [0.2, 0.25) is 0 Å². The molecule has 0 radical (unpaired) electrons. The zero-order valence-corrected chi connectivity index (χ0v) is 10.8. The predicted molar refractivity (Wildman–Crippen MR) is 66.1 cm³/mol. The fourth-order valence-corrected chi connectivity index (χ4v) is 1.93. The van der Waals surface area contributed by atoms with Gasteiger partial charge in [-0.25, -0.2) is 4.79 Å². The number of amides is 1. The Labute approximate surface area is 107 Å². The van der Waals surface area contributed by atoms with Gasteiger partial charge in [0.15, 0.2) is 0 Å². The summed E-state index contributed by atoms with van der Waals surface area (Å²) in [4.78, 5) is 23.1. The van der Waals surface area contributed by atoms with E-state index in [-0.39, 0.29) is 5.91 Å². The fraction of sp³-hybridized carbons (Fsp3) is 0.833. The van der Waals surface area contributed by atoms with Gasteiger partial charge in [0.2, 0.25) is 5.91 Å². The van der Waals surface area contributed by atoms with Gasteiger partial charge < -0.3 is 20.9 Å². The number of carboxylic acids is 1. The summed E-state index contributed by atoms with van der Waals surface area (Å²) in [6, 6.07) is -0.847. The highest BCUT2D eigenvalue weighted by molar-refractivity contribution is 5.90. The number of carboxylic acid groups (broad SMARTS) is 1. The van der Waals surface area contributed by atoms with Crippen LogP contribution in [0.5, 0.6) is 0 Å². The highest BCUT2D eigenvalue weighted by Gasteiger charge is 2.37. The number of rotatable bonds is 6. The molecule has 0 aliphatic carbocycles. The normalized spacial score (nSPS) is 20.1. The number of carbonyl (C=O) groups excluding carboxylic acids is 1. The second-order valence-electron chi connectivity index (χ2n) is 4.78. The van der Waals surface area contributed by atoms with Crippen molar-refractivity contribution in [3.8, 4) is 0 Å². The van der Waals surface area contributed by atoms with Gasteiger partial charge in [-0.1, -0.05) is 19.8 Å². The average Bonchev–Trinajstić information content (AvgIpc) is 2.34. The standard InChI is InChI=1S/C12H22N2O4/c1-2-3-4-9(10(15)16)14-11(17)12(13)5-7-18-8-6-12/h9H,2-8,13H2,1H3,(H,14,17)(H,15,16)/t9-/m0/s1. The largest absolute Gasteiger partial charge is 0.480 e. The van der Waals surface area contributed by atoms with Crippen LogP contribution in [0.15, 0.2) is 0 Å². The number of carbonyl (C=O) groups is 2. The Morgan fingerprint density at radius 2 is 2.06 bits per heavy atom. The Morgan fingerprint density at radius 1 is 1.44 bits per heavy atom. The van der Waals surface area contributed by atoms with Gasteiger partial charge in [0.25, 0.3) is 0 Å². The first-order valence-corrected chi connectivity index (χ1v) is 6.40. The second-order valence-corrected chi connectivity index (χ2v) is 4.78. The minimum absolute atomic E-state index is 0.380. The maximum atomic E-state index is 12.0. The smallest absolute Gasteiger partial charge is 0.326 e. The number of nitrogens with two attached hydrogens (primary N) is 1. The van der Waals surface area contributed by atoms with Crippen LogP contribution in [0.25, 0.3) is 0 Å². The molecule has 1 heterocycles. The highest BCUT2D eigenvalue weighted by atomic mass is 16.5. The molecule has 18 heavy (non-hydrogen) atoms. The maximum absolute atomic E-state index is 12.0. The molecule has 0 bridgehead atoms. The summed E-state index contributed by atoms with van der Waals surface area (Å²) in [5, 5.41) is 11.6. The van der Waals surface area contributed by atoms with Crippen molar-refractivity contribution in [1.29, 1.82) is 0 Å². The first-order chi connectivity index (χ1) is 8.49. The summed E-state index contributed by atoms with van der Waals surface area (Å²) in [5.41, 5.74) is 5.01. The first kappa shape index (κ1) is 14.9. The quantitative estimate of drug-likeness (QED) is 0.634. The zero-order chi connectivity index (χ0) is 13.6. The molecule has 0 aromatic rings. The molecular weight excluding hydrogens is 236 g/mol. The number of unbranched alkanes of at least 4 members (excludes halogenated alkanes) is 1. The first-order valence-electron chi connectivity index (χ1n) is 6.40. The van der Waals surface area contributed by atoms with Crippen molar-refractivity contribution in [3.05, 3.63) is 0 Å². The summed E-state index contributed by atoms with van der Waals surface area (Å²) >= 11 is 0. The molecule has 1 rings (SSSR count). The van der Waals surface area contributed by atoms with Crippen molar-refractivity contribution in [2.24, 2.45) is 5.73 Å². The Kier molecular flexibility index (Phi) is 5.55. The summed E-state index contributed by atoms with van der Waals surface area (Å²) in [5.74, 6) is -1.39. The van der Waals surface area contributed by atoms with E-state index < -0.39 is 17.6 Å². The summed E-state index contributed by atoms with van der Waals surface area (Å²) < 4.78 is 5.16. The van der Waals surface area contributed by atoms with E-state index in [1.165, 1.54) is 0 Å². The third-order valence-corrected chi connectivity index (χ3v) is 3.29. The number of ether oxygens (including phenoxy) is 1. The van der Waals surface area contributed by atoms with E-state index in [0.29, 0.717) is 32.5 Å². The lowest BCUT2D eigenvalue weighted by atomic mass is 9.90. The topological polar surface area (TPSA) is 102 Å². The van der Waals surface area contributed by atoms with Crippen LogP contribution >= 0.6 is 0 Å². The molecule has 0 saturated carbocycles. The number of hydrogen-bond donors (Lipinski definition) is 3. The number of hydrogen-bond acceptors (Lipinski definition) is 4. The van der Waals surface area contributed by atoms with Crippen LogP contribution in [0.4, 0.5) is 0 Å². The molecule has 1 atom stereocenters. The lowest BCUT2D eigenvalue weighted by Crippen LogP contribution is -2.59. The lowest BCUT2D eigenvalue weighted by Gasteiger charge is -2.32. The molecule has 0 spiro atoms. The van der Waals surface area contributed by atoms with Crippen LogP contribution in [0, 0.1) is 0 Å². The van der Waals surface area contributed by atoms with Crippen molar-refractivity contribution in [1.82, 2.24) is 5.32 Å². The molecule has 1 saturated heterocycles. The third-order valence-electron chi connectivity index (χ3n) is 3.29. The van der Waals surface area contributed by atoms with Gasteiger partial charge in [-0.15, -0.1) is 0 Å². The molecule has 6 nitrogen and oxygen atoms in total. The van der Waals surface area contributed by atoms with E-state index >= 15 is 0 Å². The minimum atomic E-state index is -1.01. The second kappa shape index (κ2) is 6.70. The molecule has 1 aliphatic rings. The molecule has 0 aromatic heterocycles. The molecule has 0 aromatic carbocycles. The molecule has 4 N–H and O–H groups in total. The van der Waals surface area contributed by atoms with Gasteiger partial charge in [0, 0.05) is 13.2 Å². The van der Waals surface area contributed by atoms with Crippen molar-refractivity contribution < 1.29 is 19.4 Å². The molecule has 104 valence electrons. The third kappa shape index (κ3) is 3.96. The van der Waals surface area contributed by atoms with E-state index in [0.717, 1.165) is 12.8 Å². The number of nitrogens with one attached hydrogen (secondary N) is 1. The molecular formula is C12H22N2O4. The Balaban J connectivity index is 2.56. The average molecular weight is 258 g/mol. The van der Waals surface area contributed by atoms with Crippen molar-refractivity contribution in [3.63, 3.8) is 0 Å².